The van der Waals surface area contributed by atoms with Crippen LogP contribution in [0.3, 0.4) is 0 Å². The Bertz CT molecular complexity index is 843. The predicted molar refractivity (Wildman–Crippen MR) is 232 cm³/mol. The van der Waals surface area contributed by atoms with Gasteiger partial charge in [0.05, 0.1) is 25.4 Å². The summed E-state index contributed by atoms with van der Waals surface area (Å²) in [6.45, 7) is 4.86. The van der Waals surface area contributed by atoms with Gasteiger partial charge >= 0.3 is 5.97 Å². The summed E-state index contributed by atoms with van der Waals surface area (Å²) in [5, 5.41) is 23.1. The topological polar surface area (TPSA) is 95.9 Å². The highest BCUT2D eigenvalue weighted by Gasteiger charge is 2.20. The molecule has 0 aliphatic rings. The molecule has 0 heterocycles. The maximum Gasteiger partial charge on any atom is 0.305 e. The van der Waals surface area contributed by atoms with E-state index >= 15 is 0 Å². The van der Waals surface area contributed by atoms with Crippen molar-refractivity contribution in [1.29, 1.82) is 0 Å². The van der Waals surface area contributed by atoms with Gasteiger partial charge in [-0.2, -0.15) is 0 Å². The lowest BCUT2D eigenvalue weighted by Gasteiger charge is -2.22. The zero-order valence-electron chi connectivity index (χ0n) is 36.0. The number of ether oxygens (including phenoxy) is 1. The highest BCUT2D eigenvalue weighted by atomic mass is 16.5. The first-order valence-corrected chi connectivity index (χ1v) is 23.6. The molecule has 318 valence electrons. The number of allylic oxidation sites excluding steroid dienone is 4. The normalized spacial score (nSPS) is 12.9. The number of nitrogens with one attached hydrogen (secondary N) is 1. The molecule has 0 fully saturated rings. The second-order valence-corrected chi connectivity index (χ2v) is 16.1. The third kappa shape index (κ3) is 40.0. The fourth-order valence-corrected chi connectivity index (χ4v) is 7.08. The molecule has 6 nitrogen and oxygen atoms in total. The third-order valence-corrected chi connectivity index (χ3v) is 10.8. The lowest BCUT2D eigenvalue weighted by atomic mass is 10.0. The van der Waals surface area contributed by atoms with Crippen molar-refractivity contribution in [2.45, 2.75) is 257 Å². The van der Waals surface area contributed by atoms with E-state index in [9.17, 15) is 19.8 Å². The van der Waals surface area contributed by atoms with E-state index in [0.717, 1.165) is 70.6 Å². The van der Waals surface area contributed by atoms with Crippen LogP contribution < -0.4 is 5.32 Å². The van der Waals surface area contributed by atoms with Crippen LogP contribution in [0.5, 0.6) is 0 Å². The van der Waals surface area contributed by atoms with E-state index in [-0.39, 0.29) is 18.5 Å². The first-order valence-electron chi connectivity index (χ1n) is 23.6. The maximum atomic E-state index is 12.4. The Morgan fingerprint density at radius 1 is 0.519 bits per heavy atom. The summed E-state index contributed by atoms with van der Waals surface area (Å²) >= 11 is 0. The number of unbranched alkanes of at least 4 members (excludes halogenated alkanes) is 28. The largest absolute Gasteiger partial charge is 0.466 e. The van der Waals surface area contributed by atoms with Crippen molar-refractivity contribution in [1.82, 2.24) is 5.32 Å². The summed E-state index contributed by atoms with van der Waals surface area (Å²) in [6, 6.07) is -0.554. The quantitative estimate of drug-likeness (QED) is 0.0327. The van der Waals surface area contributed by atoms with Gasteiger partial charge in [-0.1, -0.05) is 199 Å². The molecular weight excluding hydrogens is 671 g/mol. The van der Waals surface area contributed by atoms with Crippen LogP contribution >= 0.6 is 0 Å². The third-order valence-electron chi connectivity index (χ3n) is 10.8. The smallest absolute Gasteiger partial charge is 0.305 e. The van der Waals surface area contributed by atoms with E-state index < -0.39 is 12.1 Å². The number of esters is 1. The highest BCUT2D eigenvalue weighted by Crippen LogP contribution is 2.15. The first kappa shape index (κ1) is 52.3. The second-order valence-electron chi connectivity index (χ2n) is 16.1. The number of hydrogen-bond donors (Lipinski definition) is 3. The molecule has 0 radical (unpaired) electrons. The Hall–Kier alpha value is -1.66. The predicted octanol–water partition coefficient (Wildman–Crippen LogP) is 13.6. The number of rotatable bonds is 43. The summed E-state index contributed by atoms with van der Waals surface area (Å²) in [4.78, 5) is 24.4. The Balaban J connectivity index is 3.47. The van der Waals surface area contributed by atoms with Gasteiger partial charge in [0, 0.05) is 12.8 Å². The minimum absolute atomic E-state index is 0.0278. The SMILES string of the molecule is CCCCCC/C=C\C/C=C\CCCCCCCC(=O)OCCCCCCCCCCCCCC(=O)NC(CO)C(O)CCCCCCCCCCCC. The minimum atomic E-state index is -0.675. The van der Waals surface area contributed by atoms with Crippen LogP contribution in [0.25, 0.3) is 0 Å². The molecule has 1 amide bonds. The van der Waals surface area contributed by atoms with Crippen LogP contribution in [-0.2, 0) is 14.3 Å². The van der Waals surface area contributed by atoms with E-state index in [1.165, 1.54) is 141 Å². The van der Waals surface area contributed by atoms with Crippen molar-refractivity contribution in [3.8, 4) is 0 Å². The Morgan fingerprint density at radius 3 is 1.43 bits per heavy atom. The number of aliphatic hydroxyl groups is 2. The average Bonchev–Trinajstić information content (AvgIpc) is 3.17. The van der Waals surface area contributed by atoms with E-state index in [1.54, 1.807) is 0 Å². The molecule has 54 heavy (non-hydrogen) atoms. The average molecular weight is 762 g/mol. The van der Waals surface area contributed by atoms with Gasteiger partial charge in [0.2, 0.25) is 5.91 Å². The van der Waals surface area contributed by atoms with Gasteiger partial charge in [0.1, 0.15) is 0 Å². The van der Waals surface area contributed by atoms with Crippen molar-refractivity contribution in [3.63, 3.8) is 0 Å². The fraction of sp³-hybridized carbons (Fsp3) is 0.875. The molecule has 0 aromatic heterocycles. The van der Waals surface area contributed by atoms with E-state index in [1.807, 2.05) is 0 Å². The molecule has 0 bridgehead atoms. The fourth-order valence-electron chi connectivity index (χ4n) is 7.08. The Labute approximate surface area is 335 Å². The minimum Gasteiger partial charge on any atom is -0.466 e. The van der Waals surface area contributed by atoms with Crippen LogP contribution in [-0.4, -0.2) is 47.4 Å². The molecule has 2 unspecified atom stereocenters. The van der Waals surface area contributed by atoms with Gasteiger partial charge in [-0.15, -0.1) is 0 Å². The molecular formula is C48H91NO5. The Kier molecular flexibility index (Phi) is 42.7. The molecule has 6 heteroatoms. The van der Waals surface area contributed by atoms with Crippen LogP contribution in [0, 0.1) is 0 Å². The monoisotopic (exact) mass is 762 g/mol. The summed E-state index contributed by atoms with van der Waals surface area (Å²) in [6.07, 6.45) is 49.9. The van der Waals surface area contributed by atoms with E-state index in [2.05, 4.69) is 43.5 Å². The Morgan fingerprint density at radius 2 is 0.926 bits per heavy atom. The van der Waals surface area contributed by atoms with Crippen LogP contribution in [0.4, 0.5) is 0 Å². The van der Waals surface area contributed by atoms with Crippen molar-refractivity contribution in [3.05, 3.63) is 24.3 Å². The highest BCUT2D eigenvalue weighted by molar-refractivity contribution is 5.76. The van der Waals surface area contributed by atoms with Gasteiger partial charge < -0.3 is 20.3 Å². The maximum absolute atomic E-state index is 12.4. The molecule has 0 saturated heterocycles. The molecule has 3 N–H and O–H groups in total. The summed E-state index contributed by atoms with van der Waals surface area (Å²) in [7, 11) is 0. The summed E-state index contributed by atoms with van der Waals surface area (Å²) < 4.78 is 5.44. The molecule has 0 aromatic rings. The molecule has 0 aliphatic carbocycles. The van der Waals surface area contributed by atoms with Gasteiger partial charge in [0.15, 0.2) is 0 Å². The van der Waals surface area contributed by atoms with E-state index in [4.69, 9.17) is 4.74 Å². The van der Waals surface area contributed by atoms with Crippen molar-refractivity contribution in [2.75, 3.05) is 13.2 Å². The zero-order chi connectivity index (χ0) is 39.4. The van der Waals surface area contributed by atoms with Gasteiger partial charge in [-0.25, -0.2) is 0 Å². The lowest BCUT2D eigenvalue weighted by Crippen LogP contribution is -2.45. The van der Waals surface area contributed by atoms with Crippen LogP contribution in [0.1, 0.15) is 245 Å². The van der Waals surface area contributed by atoms with Crippen molar-refractivity contribution >= 4 is 11.9 Å². The number of carbonyl (C=O) groups is 2. The van der Waals surface area contributed by atoms with E-state index in [0.29, 0.717) is 25.9 Å². The number of aliphatic hydroxyl groups excluding tert-OH is 2. The summed E-state index contributed by atoms with van der Waals surface area (Å²) in [5.41, 5.74) is 0. The van der Waals surface area contributed by atoms with Crippen LogP contribution in [0.2, 0.25) is 0 Å². The zero-order valence-corrected chi connectivity index (χ0v) is 36.0. The second kappa shape index (κ2) is 44.1. The van der Waals surface area contributed by atoms with Crippen molar-refractivity contribution in [2.24, 2.45) is 0 Å². The standard InChI is InChI=1S/C48H91NO5/c1-3-5-7-9-11-13-15-16-17-18-19-22-26-30-34-38-42-48(53)54-43-39-35-31-27-23-20-21-25-29-33-37-41-47(52)49-45(44-50)46(51)40-36-32-28-24-14-12-10-8-6-4-2/h13,15,17-18,45-46,50-51H,3-12,14,16,19-44H2,1-2H3,(H,49,52)/b15-13-,18-17-. The molecule has 0 rings (SSSR count). The first-order chi connectivity index (χ1) is 26.5. The molecule has 0 saturated carbocycles. The molecule has 2 atom stereocenters. The van der Waals surface area contributed by atoms with Gasteiger partial charge in [-0.05, 0) is 57.8 Å². The summed E-state index contributed by atoms with van der Waals surface area (Å²) in [5.74, 6) is -0.0851. The number of carbonyl (C=O) groups excluding carboxylic acids is 2. The molecule has 0 spiro atoms. The van der Waals surface area contributed by atoms with Crippen LogP contribution in [0.15, 0.2) is 24.3 Å². The van der Waals surface area contributed by atoms with Gasteiger partial charge in [-0.3, -0.25) is 9.59 Å². The number of amides is 1. The lowest BCUT2D eigenvalue weighted by molar-refractivity contribution is -0.143. The molecule has 0 aromatic carbocycles. The number of hydrogen-bond acceptors (Lipinski definition) is 5. The molecule has 0 aliphatic heterocycles. The van der Waals surface area contributed by atoms with Crippen molar-refractivity contribution < 1.29 is 24.5 Å². The van der Waals surface area contributed by atoms with Gasteiger partial charge in [0.25, 0.3) is 0 Å².